The summed E-state index contributed by atoms with van der Waals surface area (Å²) in [6.45, 7) is 1.14. The Morgan fingerprint density at radius 1 is 1.17 bits per heavy atom. The second-order valence-corrected chi connectivity index (χ2v) is 4.89. The molecule has 2 aromatic rings. The van der Waals surface area contributed by atoms with Gasteiger partial charge in [-0.3, -0.25) is 4.79 Å². The van der Waals surface area contributed by atoms with E-state index in [1.165, 1.54) is 20.1 Å². The zero-order valence-electron chi connectivity index (χ0n) is 13.3. The number of anilines is 1. The molecule has 0 aliphatic rings. The number of aliphatic hydroxyl groups excluding tert-OH is 1. The lowest BCUT2D eigenvalue weighted by Crippen LogP contribution is -2.07. The monoisotopic (exact) mass is 324 g/mol. The number of hydrogen-bond acceptors (Lipinski definition) is 5. The standard InChI is InChI=1S/C18H16N2O4/c1-12(22)19-15-7-5-13(6-8-15)3-4-14-9-16(11-21)20-17(10-14)18(23)24-2/h5-10,21H,11H2,1-2H3,(H,19,22). The van der Waals surface area contributed by atoms with E-state index in [-0.39, 0.29) is 18.2 Å². The molecule has 1 amide bonds. The van der Waals surface area contributed by atoms with Crippen molar-refractivity contribution in [3.63, 3.8) is 0 Å². The number of nitrogens with one attached hydrogen (secondary N) is 1. The van der Waals surface area contributed by atoms with Gasteiger partial charge in [0.2, 0.25) is 5.91 Å². The number of pyridine rings is 1. The Kier molecular flexibility index (Phi) is 5.66. The van der Waals surface area contributed by atoms with E-state index in [4.69, 9.17) is 0 Å². The first kappa shape index (κ1) is 17.2. The number of esters is 1. The number of benzene rings is 1. The summed E-state index contributed by atoms with van der Waals surface area (Å²) in [7, 11) is 1.26. The van der Waals surface area contributed by atoms with E-state index in [1.807, 2.05) is 0 Å². The van der Waals surface area contributed by atoms with Crippen LogP contribution in [0.4, 0.5) is 5.69 Å². The molecule has 122 valence electrons. The van der Waals surface area contributed by atoms with E-state index in [0.717, 1.165) is 5.56 Å². The van der Waals surface area contributed by atoms with Gasteiger partial charge in [-0.25, -0.2) is 9.78 Å². The molecule has 0 aliphatic carbocycles. The van der Waals surface area contributed by atoms with Crippen molar-refractivity contribution in [2.75, 3.05) is 12.4 Å². The zero-order chi connectivity index (χ0) is 17.5. The summed E-state index contributed by atoms with van der Waals surface area (Å²) in [6.07, 6.45) is 0. The fourth-order valence-electron chi connectivity index (χ4n) is 1.93. The molecule has 2 N–H and O–H groups in total. The number of carbonyl (C=O) groups excluding carboxylic acids is 2. The highest BCUT2D eigenvalue weighted by molar-refractivity contribution is 5.88. The molecule has 1 aromatic heterocycles. The summed E-state index contributed by atoms with van der Waals surface area (Å²) in [5.41, 5.74) is 2.40. The SMILES string of the molecule is COC(=O)c1cc(C#Cc2ccc(NC(C)=O)cc2)cc(CO)n1. The summed E-state index contributed by atoms with van der Waals surface area (Å²) < 4.78 is 4.63. The molecule has 0 fully saturated rings. The van der Waals surface area contributed by atoms with Gasteiger partial charge in [0.1, 0.15) is 5.69 Å². The molecule has 0 aliphatic heterocycles. The van der Waals surface area contributed by atoms with Crippen LogP contribution in [0.1, 0.15) is 34.2 Å². The summed E-state index contributed by atoms with van der Waals surface area (Å²) >= 11 is 0. The Morgan fingerprint density at radius 2 is 1.83 bits per heavy atom. The van der Waals surface area contributed by atoms with Gasteiger partial charge in [0.05, 0.1) is 19.4 Å². The van der Waals surface area contributed by atoms with Gasteiger partial charge in [-0.1, -0.05) is 11.8 Å². The van der Waals surface area contributed by atoms with Crippen molar-refractivity contribution >= 4 is 17.6 Å². The fourth-order valence-corrected chi connectivity index (χ4v) is 1.93. The number of methoxy groups -OCH3 is 1. The predicted octanol–water partition coefficient (Wildman–Crippen LogP) is 1.72. The minimum Gasteiger partial charge on any atom is -0.464 e. The summed E-state index contributed by atoms with van der Waals surface area (Å²) in [5.74, 6) is 5.14. The molecular formula is C18H16N2O4. The van der Waals surface area contributed by atoms with Gasteiger partial charge >= 0.3 is 5.97 Å². The second kappa shape index (κ2) is 7.90. The Bertz CT molecular complexity index is 817. The molecule has 6 heteroatoms. The molecule has 24 heavy (non-hydrogen) atoms. The number of rotatable bonds is 3. The first-order chi connectivity index (χ1) is 11.5. The third-order valence-corrected chi connectivity index (χ3v) is 2.99. The fraction of sp³-hybridized carbons (Fsp3) is 0.167. The highest BCUT2D eigenvalue weighted by Crippen LogP contribution is 2.10. The molecule has 0 saturated carbocycles. The third-order valence-electron chi connectivity index (χ3n) is 2.99. The minimum atomic E-state index is -0.590. The topological polar surface area (TPSA) is 88.5 Å². The predicted molar refractivity (Wildman–Crippen MR) is 88.2 cm³/mol. The van der Waals surface area contributed by atoms with E-state index in [1.54, 1.807) is 30.3 Å². The molecule has 0 spiro atoms. The van der Waals surface area contributed by atoms with Gasteiger partial charge in [0.25, 0.3) is 0 Å². The maximum Gasteiger partial charge on any atom is 0.356 e. The number of aliphatic hydroxyl groups is 1. The largest absolute Gasteiger partial charge is 0.464 e. The summed E-state index contributed by atoms with van der Waals surface area (Å²) in [6, 6.07) is 10.1. The van der Waals surface area contributed by atoms with Gasteiger partial charge in [-0.05, 0) is 36.4 Å². The lowest BCUT2D eigenvalue weighted by molar-refractivity contribution is -0.114. The van der Waals surface area contributed by atoms with E-state index < -0.39 is 5.97 Å². The van der Waals surface area contributed by atoms with Crippen LogP contribution >= 0.6 is 0 Å². The van der Waals surface area contributed by atoms with Crippen molar-refractivity contribution < 1.29 is 19.4 Å². The highest BCUT2D eigenvalue weighted by atomic mass is 16.5. The van der Waals surface area contributed by atoms with Crippen molar-refractivity contribution in [3.05, 3.63) is 58.9 Å². The van der Waals surface area contributed by atoms with Crippen LogP contribution in [0.25, 0.3) is 0 Å². The molecule has 0 saturated heterocycles. The highest BCUT2D eigenvalue weighted by Gasteiger charge is 2.09. The van der Waals surface area contributed by atoms with Crippen LogP contribution in [0.3, 0.4) is 0 Å². The maximum atomic E-state index is 11.6. The molecule has 0 bridgehead atoms. The van der Waals surface area contributed by atoms with Crippen LogP contribution in [0.5, 0.6) is 0 Å². The molecule has 0 radical (unpaired) electrons. The van der Waals surface area contributed by atoms with Gasteiger partial charge < -0.3 is 15.2 Å². The van der Waals surface area contributed by atoms with Crippen LogP contribution < -0.4 is 5.32 Å². The zero-order valence-corrected chi connectivity index (χ0v) is 13.3. The molecule has 2 rings (SSSR count). The van der Waals surface area contributed by atoms with Gasteiger partial charge in [0.15, 0.2) is 0 Å². The van der Waals surface area contributed by atoms with Crippen LogP contribution in [-0.4, -0.2) is 29.1 Å². The first-order valence-electron chi connectivity index (χ1n) is 7.11. The van der Waals surface area contributed by atoms with Crippen molar-refractivity contribution in [1.82, 2.24) is 4.98 Å². The van der Waals surface area contributed by atoms with E-state index in [2.05, 4.69) is 26.9 Å². The molecule has 6 nitrogen and oxygen atoms in total. The summed E-state index contributed by atoms with van der Waals surface area (Å²) in [5, 5.41) is 11.9. The van der Waals surface area contributed by atoms with Crippen molar-refractivity contribution in [3.8, 4) is 11.8 Å². The van der Waals surface area contributed by atoms with Crippen molar-refractivity contribution in [1.29, 1.82) is 0 Å². The quantitative estimate of drug-likeness (QED) is 0.663. The summed E-state index contributed by atoms with van der Waals surface area (Å²) in [4.78, 5) is 26.5. The Balaban J connectivity index is 2.26. The molecule has 0 unspecified atom stereocenters. The van der Waals surface area contributed by atoms with E-state index >= 15 is 0 Å². The van der Waals surface area contributed by atoms with E-state index in [9.17, 15) is 14.7 Å². The van der Waals surface area contributed by atoms with Crippen molar-refractivity contribution in [2.24, 2.45) is 0 Å². The van der Waals surface area contributed by atoms with Crippen LogP contribution in [0, 0.1) is 11.8 Å². The number of amides is 1. The van der Waals surface area contributed by atoms with Gasteiger partial charge in [0, 0.05) is 23.7 Å². The Labute approximate surface area is 139 Å². The molecular weight excluding hydrogens is 308 g/mol. The average molecular weight is 324 g/mol. The molecule has 1 heterocycles. The maximum absolute atomic E-state index is 11.6. The van der Waals surface area contributed by atoms with Crippen LogP contribution in [-0.2, 0) is 16.1 Å². The lowest BCUT2D eigenvalue weighted by Gasteiger charge is -2.02. The Morgan fingerprint density at radius 3 is 2.42 bits per heavy atom. The number of nitrogens with zero attached hydrogens (tertiary/aromatic N) is 1. The molecule has 1 aromatic carbocycles. The third kappa shape index (κ3) is 4.66. The van der Waals surface area contributed by atoms with Gasteiger partial charge in [-0.2, -0.15) is 0 Å². The number of ether oxygens (including phenoxy) is 1. The van der Waals surface area contributed by atoms with Crippen LogP contribution in [0.2, 0.25) is 0 Å². The van der Waals surface area contributed by atoms with Crippen LogP contribution in [0.15, 0.2) is 36.4 Å². The van der Waals surface area contributed by atoms with Crippen molar-refractivity contribution in [2.45, 2.75) is 13.5 Å². The number of hydrogen-bond donors (Lipinski definition) is 2. The number of aromatic nitrogens is 1. The smallest absolute Gasteiger partial charge is 0.356 e. The number of carbonyl (C=O) groups is 2. The Hall–Kier alpha value is -3.17. The first-order valence-corrected chi connectivity index (χ1v) is 7.11. The lowest BCUT2D eigenvalue weighted by atomic mass is 10.1. The second-order valence-electron chi connectivity index (χ2n) is 4.89. The minimum absolute atomic E-state index is 0.0920. The molecule has 0 atom stereocenters. The normalized spacial score (nSPS) is 9.62. The van der Waals surface area contributed by atoms with Gasteiger partial charge in [-0.15, -0.1) is 0 Å². The average Bonchev–Trinajstić information content (AvgIpc) is 2.59. The van der Waals surface area contributed by atoms with E-state index in [0.29, 0.717) is 16.9 Å².